The molecule has 3 aromatic carbocycles. The van der Waals surface area contributed by atoms with Crippen LogP contribution in [-0.4, -0.2) is 13.7 Å². The Morgan fingerprint density at radius 2 is 1.49 bits per heavy atom. The van der Waals surface area contributed by atoms with Crippen molar-refractivity contribution in [2.24, 2.45) is 14.1 Å². The van der Waals surface area contributed by atoms with Gasteiger partial charge >= 0.3 is 5.69 Å². The van der Waals surface area contributed by atoms with Gasteiger partial charge in [0.05, 0.1) is 39.7 Å². The van der Waals surface area contributed by atoms with Gasteiger partial charge in [-0.2, -0.15) is 0 Å². The summed E-state index contributed by atoms with van der Waals surface area (Å²) in [5.41, 5.74) is 7.93. The third-order valence-electron chi connectivity index (χ3n) is 7.14. The Hall–Kier alpha value is -4.32. The van der Waals surface area contributed by atoms with Gasteiger partial charge in [-0.15, -0.1) is 0 Å². The third-order valence-corrected chi connectivity index (χ3v) is 7.14. The number of hydrogen-bond donors (Lipinski definition) is 1. The van der Waals surface area contributed by atoms with Crippen LogP contribution in [0.25, 0.3) is 27.8 Å². The average molecular weight is 463 g/mol. The van der Waals surface area contributed by atoms with Crippen molar-refractivity contribution in [3.8, 4) is 16.9 Å². The van der Waals surface area contributed by atoms with Gasteiger partial charge in [-0.3, -0.25) is 13.9 Å². The van der Waals surface area contributed by atoms with Crippen molar-refractivity contribution in [3.05, 3.63) is 116 Å². The highest BCUT2D eigenvalue weighted by Gasteiger charge is 2.34. The largest absolute Gasteiger partial charge is 0.371 e. The summed E-state index contributed by atoms with van der Waals surface area (Å²) in [6, 6.07) is 24.4. The smallest absolute Gasteiger partial charge is 0.331 e. The molecule has 3 heterocycles. The van der Waals surface area contributed by atoms with Crippen LogP contribution in [0.2, 0.25) is 0 Å². The molecule has 0 amide bonds. The van der Waals surface area contributed by atoms with Crippen LogP contribution in [0, 0.1) is 13.8 Å². The second kappa shape index (κ2) is 7.60. The van der Waals surface area contributed by atoms with Gasteiger partial charge in [-0.05, 0) is 37.1 Å². The number of nitrogens with one attached hydrogen (secondary N) is 1. The summed E-state index contributed by atoms with van der Waals surface area (Å²) < 4.78 is 5.00. The number of aryl methyl sites for hydroxylation is 3. The summed E-state index contributed by atoms with van der Waals surface area (Å²) in [5, 5.41) is 4.25. The molecule has 1 N–H and O–H groups in total. The highest BCUT2D eigenvalue weighted by atomic mass is 16.2. The molecule has 0 bridgehead atoms. The monoisotopic (exact) mass is 462 g/mol. The van der Waals surface area contributed by atoms with Crippen LogP contribution in [0.3, 0.4) is 0 Å². The van der Waals surface area contributed by atoms with Crippen LogP contribution in [0.4, 0.5) is 5.69 Å². The molecule has 1 aliphatic rings. The second-order valence-electron chi connectivity index (χ2n) is 9.32. The number of aromatic nitrogens is 3. The fourth-order valence-corrected chi connectivity index (χ4v) is 5.32. The van der Waals surface area contributed by atoms with Crippen molar-refractivity contribution in [2.45, 2.75) is 19.9 Å². The Kier molecular flexibility index (Phi) is 4.61. The first kappa shape index (κ1) is 21.2. The predicted octanol–water partition coefficient (Wildman–Crippen LogP) is 4.83. The lowest BCUT2D eigenvalue weighted by atomic mass is 9.98. The van der Waals surface area contributed by atoms with E-state index in [0.29, 0.717) is 10.9 Å². The van der Waals surface area contributed by atoms with E-state index in [1.54, 1.807) is 18.7 Å². The second-order valence-corrected chi connectivity index (χ2v) is 9.32. The molecule has 0 radical (unpaired) electrons. The van der Waals surface area contributed by atoms with Gasteiger partial charge in [0.1, 0.15) is 0 Å². The fourth-order valence-electron chi connectivity index (χ4n) is 5.32. The van der Waals surface area contributed by atoms with Gasteiger partial charge in [-0.1, -0.05) is 66.2 Å². The topological polar surface area (TPSA) is 61.0 Å². The van der Waals surface area contributed by atoms with Crippen LogP contribution >= 0.6 is 0 Å². The minimum Gasteiger partial charge on any atom is -0.371 e. The maximum absolute atomic E-state index is 13.7. The van der Waals surface area contributed by atoms with Crippen LogP contribution in [0.15, 0.2) is 82.4 Å². The number of benzene rings is 3. The van der Waals surface area contributed by atoms with Crippen molar-refractivity contribution >= 4 is 16.6 Å². The van der Waals surface area contributed by atoms with E-state index in [-0.39, 0.29) is 17.3 Å². The summed E-state index contributed by atoms with van der Waals surface area (Å²) in [7, 11) is 3.30. The zero-order valence-electron chi connectivity index (χ0n) is 20.2. The third kappa shape index (κ3) is 2.96. The molecule has 6 rings (SSSR count). The van der Waals surface area contributed by atoms with Crippen LogP contribution in [-0.2, 0) is 14.1 Å². The van der Waals surface area contributed by atoms with E-state index in [0.717, 1.165) is 39.5 Å². The normalized spacial score (nSPS) is 14.5. The summed E-state index contributed by atoms with van der Waals surface area (Å²) in [6.45, 7) is 4.12. The molecule has 35 heavy (non-hydrogen) atoms. The van der Waals surface area contributed by atoms with Crippen molar-refractivity contribution in [1.29, 1.82) is 0 Å². The number of nitrogens with zero attached hydrogens (tertiary/aromatic N) is 3. The molecule has 174 valence electrons. The van der Waals surface area contributed by atoms with Gasteiger partial charge in [-0.25, -0.2) is 4.79 Å². The predicted molar refractivity (Wildman–Crippen MR) is 141 cm³/mol. The van der Waals surface area contributed by atoms with Crippen molar-refractivity contribution in [2.75, 3.05) is 5.32 Å². The number of para-hydroxylation sites is 2. The molecule has 0 saturated carbocycles. The first-order valence-corrected chi connectivity index (χ1v) is 11.7. The van der Waals surface area contributed by atoms with Gasteiger partial charge < -0.3 is 9.88 Å². The Labute approximate surface area is 202 Å². The molecule has 6 nitrogen and oxygen atoms in total. The van der Waals surface area contributed by atoms with E-state index in [1.807, 2.05) is 30.3 Å². The Balaban J connectivity index is 1.88. The van der Waals surface area contributed by atoms with Gasteiger partial charge in [0, 0.05) is 19.7 Å². The van der Waals surface area contributed by atoms with Gasteiger partial charge in [0.15, 0.2) is 0 Å². The summed E-state index contributed by atoms with van der Waals surface area (Å²) >= 11 is 0. The Morgan fingerprint density at radius 1 is 0.800 bits per heavy atom. The quantitative estimate of drug-likeness (QED) is 0.409. The van der Waals surface area contributed by atoms with E-state index >= 15 is 0 Å². The van der Waals surface area contributed by atoms with E-state index in [4.69, 9.17) is 0 Å². The highest BCUT2D eigenvalue weighted by molar-refractivity contribution is 5.99. The van der Waals surface area contributed by atoms with Crippen molar-refractivity contribution in [1.82, 2.24) is 13.7 Å². The Morgan fingerprint density at radius 3 is 2.23 bits per heavy atom. The van der Waals surface area contributed by atoms with Crippen LogP contribution < -0.4 is 16.6 Å². The average Bonchev–Trinajstić information content (AvgIpc) is 3.23. The zero-order valence-corrected chi connectivity index (χ0v) is 20.2. The minimum atomic E-state index is -0.339. The molecule has 0 spiro atoms. The summed E-state index contributed by atoms with van der Waals surface area (Å²) in [5.74, 6) is 0. The van der Waals surface area contributed by atoms with E-state index in [9.17, 15) is 9.59 Å². The van der Waals surface area contributed by atoms with E-state index in [1.165, 1.54) is 10.1 Å². The number of hydrogen-bond acceptors (Lipinski definition) is 3. The summed E-state index contributed by atoms with van der Waals surface area (Å²) in [6.07, 6.45) is 0. The lowest BCUT2D eigenvalue weighted by Crippen LogP contribution is -2.37. The standard InChI is InChI=1S/C29H26N4O2/c1-17-13-15-19(16-14-17)24-27-26-23(28(34)32(4)29(35)31(26)3)25(20-10-6-5-9-18(20)2)33(27)22-12-8-7-11-21(22)30-24/h5-16,24,30H,1-4H3/t24-/m1/s1. The molecule has 0 fully saturated rings. The first-order chi connectivity index (χ1) is 16.9. The van der Waals surface area contributed by atoms with Crippen molar-refractivity contribution < 1.29 is 0 Å². The molecule has 0 unspecified atom stereocenters. The maximum Gasteiger partial charge on any atom is 0.331 e. The molecule has 1 aliphatic heterocycles. The highest BCUT2D eigenvalue weighted by Crippen LogP contribution is 2.45. The molecule has 0 saturated heterocycles. The Bertz CT molecular complexity index is 1750. The molecular formula is C29H26N4O2. The fraction of sp³-hybridized carbons (Fsp3) is 0.172. The number of anilines is 1. The van der Waals surface area contributed by atoms with Crippen LogP contribution in [0.5, 0.6) is 0 Å². The number of rotatable bonds is 2. The van der Waals surface area contributed by atoms with E-state index < -0.39 is 0 Å². The zero-order chi connectivity index (χ0) is 24.4. The lowest BCUT2D eigenvalue weighted by molar-refractivity contribution is 0.708. The lowest BCUT2D eigenvalue weighted by Gasteiger charge is -2.31. The van der Waals surface area contributed by atoms with Crippen LogP contribution in [0.1, 0.15) is 28.4 Å². The first-order valence-electron chi connectivity index (χ1n) is 11.7. The maximum atomic E-state index is 13.7. The molecule has 1 atom stereocenters. The molecule has 2 aromatic heterocycles. The number of fused-ring (bicyclic) bond motifs is 5. The van der Waals surface area contributed by atoms with E-state index in [2.05, 4.69) is 66.2 Å². The molecular weight excluding hydrogens is 436 g/mol. The van der Waals surface area contributed by atoms with Gasteiger partial charge in [0.2, 0.25) is 0 Å². The molecule has 0 aliphatic carbocycles. The van der Waals surface area contributed by atoms with Gasteiger partial charge in [0.25, 0.3) is 5.56 Å². The minimum absolute atomic E-state index is 0.247. The molecule has 6 heteroatoms. The summed E-state index contributed by atoms with van der Waals surface area (Å²) in [4.78, 5) is 26.9. The SMILES string of the molecule is Cc1ccc([C@H]2Nc3ccccc3-n3c(-c4ccccc4C)c4c(=O)n(C)c(=O)n(C)c4c32)cc1. The van der Waals surface area contributed by atoms with Crippen molar-refractivity contribution in [3.63, 3.8) is 0 Å². The molecule has 5 aromatic rings.